The third kappa shape index (κ3) is 2.19. The van der Waals surface area contributed by atoms with Crippen molar-refractivity contribution in [3.8, 4) is 0 Å². The zero-order valence-corrected chi connectivity index (χ0v) is 9.56. The number of aliphatic hydroxyl groups is 1. The fourth-order valence-corrected chi connectivity index (χ4v) is 1.89. The van der Waals surface area contributed by atoms with E-state index in [1.165, 1.54) is 0 Å². The van der Waals surface area contributed by atoms with Crippen LogP contribution in [-0.4, -0.2) is 27.4 Å². The molecule has 2 aromatic rings. The van der Waals surface area contributed by atoms with Crippen LogP contribution in [0.15, 0.2) is 23.1 Å². The smallest absolute Gasteiger partial charge is 0.341 e. The highest BCUT2D eigenvalue weighted by Crippen LogP contribution is 2.18. The zero-order valence-electron chi connectivity index (χ0n) is 9.56. The molecule has 0 aliphatic rings. The maximum Gasteiger partial charge on any atom is 0.341 e. The molecule has 1 heterocycles. The van der Waals surface area contributed by atoms with E-state index in [0.29, 0.717) is 6.07 Å². The van der Waals surface area contributed by atoms with Gasteiger partial charge in [0.15, 0.2) is 5.82 Å². The summed E-state index contributed by atoms with van der Waals surface area (Å²) in [5.41, 5.74) is -1.80. The molecule has 1 aromatic heterocycles. The summed E-state index contributed by atoms with van der Waals surface area (Å²) in [7, 11) is 0. The number of benzene rings is 1. The van der Waals surface area contributed by atoms with Gasteiger partial charge >= 0.3 is 5.97 Å². The molecular weight excluding hydrogens is 260 g/mol. The van der Waals surface area contributed by atoms with Crippen LogP contribution in [0.25, 0.3) is 10.9 Å². The largest absolute Gasteiger partial charge is 0.477 e. The molecule has 0 amide bonds. The Balaban J connectivity index is 2.96. The number of aromatic carboxylic acids is 1. The predicted octanol–water partition coefficient (Wildman–Crippen LogP) is 0.970. The number of carboxylic acids is 1. The van der Waals surface area contributed by atoms with E-state index in [1.807, 2.05) is 0 Å². The van der Waals surface area contributed by atoms with Gasteiger partial charge in [0.2, 0.25) is 5.43 Å². The van der Waals surface area contributed by atoms with Crippen LogP contribution in [0.2, 0.25) is 0 Å². The standard InChI is InChI=1S/C12H9F2NO4/c13-6-3-7-10(9(14)4-6)15(1-2-16)5-8(11(7)17)12(18)19/h3-5,16H,1-2H2,(H,18,19). The third-order valence-corrected chi connectivity index (χ3v) is 2.66. The van der Waals surface area contributed by atoms with Crippen molar-refractivity contribution in [2.75, 3.05) is 6.61 Å². The average molecular weight is 269 g/mol. The van der Waals surface area contributed by atoms with E-state index in [2.05, 4.69) is 0 Å². The molecule has 0 bridgehead atoms. The second-order valence-corrected chi connectivity index (χ2v) is 3.88. The van der Waals surface area contributed by atoms with Crippen molar-refractivity contribution in [1.29, 1.82) is 0 Å². The molecule has 2 rings (SSSR count). The van der Waals surface area contributed by atoms with Crippen molar-refractivity contribution < 1.29 is 23.8 Å². The van der Waals surface area contributed by atoms with Gasteiger partial charge in [0.1, 0.15) is 11.4 Å². The number of hydrogen-bond donors (Lipinski definition) is 2. The van der Waals surface area contributed by atoms with Gasteiger partial charge < -0.3 is 14.8 Å². The zero-order chi connectivity index (χ0) is 14.2. The lowest BCUT2D eigenvalue weighted by Gasteiger charge is -2.11. The number of aromatic nitrogens is 1. The summed E-state index contributed by atoms with van der Waals surface area (Å²) >= 11 is 0. The van der Waals surface area contributed by atoms with Gasteiger partial charge in [0, 0.05) is 18.8 Å². The van der Waals surface area contributed by atoms with Crippen molar-refractivity contribution >= 4 is 16.9 Å². The number of carbonyl (C=O) groups is 1. The molecule has 0 atom stereocenters. The summed E-state index contributed by atoms with van der Waals surface area (Å²) in [6.07, 6.45) is 0.935. The van der Waals surface area contributed by atoms with Gasteiger partial charge in [-0.25, -0.2) is 13.6 Å². The molecule has 0 saturated carbocycles. The molecule has 0 saturated heterocycles. The summed E-state index contributed by atoms with van der Waals surface area (Å²) < 4.78 is 27.9. The Bertz CT molecular complexity index is 724. The SMILES string of the molecule is O=C(O)c1cn(CCO)c2c(F)cc(F)cc2c1=O. The van der Waals surface area contributed by atoms with Crippen LogP contribution >= 0.6 is 0 Å². The quantitative estimate of drug-likeness (QED) is 0.870. The Morgan fingerprint density at radius 2 is 2.00 bits per heavy atom. The van der Waals surface area contributed by atoms with Crippen molar-refractivity contribution in [2.45, 2.75) is 6.54 Å². The number of halogens is 2. The number of rotatable bonds is 3. The van der Waals surface area contributed by atoms with Crippen LogP contribution in [0.4, 0.5) is 8.78 Å². The lowest BCUT2D eigenvalue weighted by atomic mass is 10.1. The lowest BCUT2D eigenvalue weighted by Crippen LogP contribution is -2.20. The van der Waals surface area contributed by atoms with Crippen LogP contribution in [0, 0.1) is 11.6 Å². The normalized spacial score (nSPS) is 10.9. The fourth-order valence-electron chi connectivity index (χ4n) is 1.89. The van der Waals surface area contributed by atoms with Crippen molar-refractivity contribution in [2.24, 2.45) is 0 Å². The summed E-state index contributed by atoms with van der Waals surface area (Å²) in [4.78, 5) is 22.8. The third-order valence-electron chi connectivity index (χ3n) is 2.66. The molecule has 7 heteroatoms. The van der Waals surface area contributed by atoms with E-state index in [0.717, 1.165) is 16.8 Å². The van der Waals surface area contributed by atoms with E-state index < -0.39 is 28.6 Å². The number of aliphatic hydroxyl groups excluding tert-OH is 1. The maximum absolute atomic E-state index is 13.7. The van der Waals surface area contributed by atoms with Gasteiger partial charge in [-0.1, -0.05) is 0 Å². The minimum atomic E-state index is -1.50. The number of carboxylic acid groups (broad SMARTS) is 1. The lowest BCUT2D eigenvalue weighted by molar-refractivity contribution is 0.0694. The second kappa shape index (κ2) is 4.77. The highest BCUT2D eigenvalue weighted by Gasteiger charge is 2.17. The van der Waals surface area contributed by atoms with Crippen LogP contribution in [-0.2, 0) is 6.54 Å². The highest BCUT2D eigenvalue weighted by molar-refractivity contribution is 5.92. The number of hydrogen-bond acceptors (Lipinski definition) is 3. The molecule has 2 N–H and O–H groups in total. The van der Waals surface area contributed by atoms with Gasteiger partial charge in [-0.2, -0.15) is 0 Å². The van der Waals surface area contributed by atoms with E-state index in [1.54, 1.807) is 0 Å². The van der Waals surface area contributed by atoms with Gasteiger partial charge in [0.25, 0.3) is 0 Å². The molecular formula is C12H9F2NO4. The highest BCUT2D eigenvalue weighted by atomic mass is 19.1. The minimum Gasteiger partial charge on any atom is -0.477 e. The monoisotopic (exact) mass is 269 g/mol. The van der Waals surface area contributed by atoms with Crippen molar-refractivity contribution in [1.82, 2.24) is 4.57 Å². The van der Waals surface area contributed by atoms with Crippen molar-refractivity contribution in [3.05, 3.63) is 45.8 Å². The summed E-state index contributed by atoms with van der Waals surface area (Å²) in [5, 5.41) is 17.4. The van der Waals surface area contributed by atoms with E-state index in [-0.39, 0.29) is 24.1 Å². The Morgan fingerprint density at radius 1 is 1.32 bits per heavy atom. The van der Waals surface area contributed by atoms with Gasteiger partial charge in [-0.05, 0) is 6.07 Å². The van der Waals surface area contributed by atoms with Crippen LogP contribution in [0.1, 0.15) is 10.4 Å². The van der Waals surface area contributed by atoms with Gasteiger partial charge in [0.05, 0.1) is 17.5 Å². The number of nitrogens with zero attached hydrogens (tertiary/aromatic N) is 1. The Morgan fingerprint density at radius 3 is 2.58 bits per heavy atom. The minimum absolute atomic E-state index is 0.111. The summed E-state index contributed by atoms with van der Waals surface area (Å²) in [6, 6.07) is 1.37. The van der Waals surface area contributed by atoms with Gasteiger partial charge in [-0.3, -0.25) is 4.79 Å². The average Bonchev–Trinajstić information content (AvgIpc) is 2.32. The Labute approximate surface area is 105 Å². The van der Waals surface area contributed by atoms with Crippen LogP contribution in [0.5, 0.6) is 0 Å². The van der Waals surface area contributed by atoms with Crippen LogP contribution < -0.4 is 5.43 Å². The molecule has 19 heavy (non-hydrogen) atoms. The number of pyridine rings is 1. The number of fused-ring (bicyclic) bond motifs is 1. The molecule has 1 aromatic carbocycles. The first-order valence-corrected chi connectivity index (χ1v) is 5.32. The van der Waals surface area contributed by atoms with E-state index in [9.17, 15) is 18.4 Å². The van der Waals surface area contributed by atoms with Crippen molar-refractivity contribution in [3.63, 3.8) is 0 Å². The maximum atomic E-state index is 13.7. The predicted molar refractivity (Wildman–Crippen MR) is 62.2 cm³/mol. The molecule has 0 spiro atoms. The van der Waals surface area contributed by atoms with Gasteiger partial charge in [-0.15, -0.1) is 0 Å². The summed E-state index contributed by atoms with van der Waals surface area (Å²) in [5.74, 6) is -3.46. The second-order valence-electron chi connectivity index (χ2n) is 3.88. The Hall–Kier alpha value is -2.28. The molecule has 0 aliphatic carbocycles. The molecule has 0 radical (unpaired) electrons. The fraction of sp³-hybridized carbons (Fsp3) is 0.167. The first kappa shape index (κ1) is 13.2. The molecule has 0 unspecified atom stereocenters. The van der Waals surface area contributed by atoms with E-state index >= 15 is 0 Å². The first-order chi connectivity index (χ1) is 8.95. The molecule has 0 fully saturated rings. The first-order valence-electron chi connectivity index (χ1n) is 5.32. The van der Waals surface area contributed by atoms with Crippen LogP contribution in [0.3, 0.4) is 0 Å². The Kier molecular flexibility index (Phi) is 3.30. The summed E-state index contributed by atoms with van der Waals surface area (Å²) in [6.45, 7) is -0.493. The topological polar surface area (TPSA) is 79.5 Å². The molecule has 0 aliphatic heterocycles. The molecule has 5 nitrogen and oxygen atoms in total. The molecule has 100 valence electrons. The van der Waals surface area contributed by atoms with E-state index in [4.69, 9.17) is 10.2 Å².